The van der Waals surface area contributed by atoms with Crippen molar-refractivity contribution in [2.24, 2.45) is 0 Å². The molecule has 34 heavy (non-hydrogen) atoms. The van der Waals surface area contributed by atoms with Gasteiger partial charge >= 0.3 is 4.87 Å². The van der Waals surface area contributed by atoms with Crippen molar-refractivity contribution in [1.29, 1.82) is 0 Å². The highest BCUT2D eigenvalue weighted by molar-refractivity contribution is 7.03. The second-order valence-corrected chi connectivity index (χ2v) is 9.37. The number of unbranched alkanes of at least 4 members (excludes halogenated alkanes) is 1. The number of H-pyrrole nitrogens is 1. The average molecular weight is 470 g/mol. The van der Waals surface area contributed by atoms with Crippen molar-refractivity contribution in [2.75, 3.05) is 0 Å². The number of hydrogen-bond acceptors (Lipinski definition) is 5. The summed E-state index contributed by atoms with van der Waals surface area (Å²) in [6, 6.07) is 16.5. The van der Waals surface area contributed by atoms with Gasteiger partial charge in [-0.1, -0.05) is 49.7 Å². The largest absolute Gasteiger partial charge is 0.344 e. The van der Waals surface area contributed by atoms with Crippen LogP contribution in [0.5, 0.6) is 0 Å². The van der Waals surface area contributed by atoms with E-state index in [1.54, 1.807) is 0 Å². The van der Waals surface area contributed by atoms with Crippen molar-refractivity contribution in [3.63, 3.8) is 0 Å². The molecule has 5 aromatic rings. The molecular weight excluding hydrogens is 442 g/mol. The van der Waals surface area contributed by atoms with E-state index in [0.717, 1.165) is 75.9 Å². The minimum Gasteiger partial charge on any atom is -0.290 e. The second kappa shape index (κ2) is 8.99. The van der Waals surface area contributed by atoms with E-state index in [1.165, 1.54) is 11.1 Å². The molecule has 0 aliphatic rings. The lowest BCUT2D eigenvalue weighted by molar-refractivity contribution is 0.742. The SMILES string of the molecule is CCCCc1nc2c(C)c(C)c(C)nc2n1-c1ccc(-c2ccccc2-c2nc(=O)s[nH]2)cc1. The number of fused-ring (bicyclic) bond motifs is 1. The lowest BCUT2D eigenvalue weighted by Crippen LogP contribution is -2.03. The zero-order chi connectivity index (χ0) is 23.8. The van der Waals surface area contributed by atoms with Gasteiger partial charge in [0.05, 0.1) is 0 Å². The van der Waals surface area contributed by atoms with Gasteiger partial charge in [0.2, 0.25) is 0 Å². The average Bonchev–Trinajstić information content (AvgIpc) is 3.45. The predicted molar refractivity (Wildman–Crippen MR) is 139 cm³/mol. The smallest absolute Gasteiger partial charge is 0.290 e. The molecule has 0 unspecified atom stereocenters. The first-order valence-corrected chi connectivity index (χ1v) is 12.4. The Kier molecular flexibility index (Phi) is 5.87. The molecular formula is C27H27N5OS. The van der Waals surface area contributed by atoms with E-state index in [4.69, 9.17) is 9.97 Å². The number of rotatable bonds is 6. The van der Waals surface area contributed by atoms with E-state index in [-0.39, 0.29) is 4.87 Å². The van der Waals surface area contributed by atoms with Crippen LogP contribution in [0, 0.1) is 20.8 Å². The Hall–Kier alpha value is -3.58. The third-order valence-corrected chi connectivity index (χ3v) is 7.03. The monoisotopic (exact) mass is 469 g/mol. The summed E-state index contributed by atoms with van der Waals surface area (Å²) < 4.78 is 5.23. The maximum Gasteiger partial charge on any atom is 0.344 e. The van der Waals surface area contributed by atoms with Crippen LogP contribution in [0.3, 0.4) is 0 Å². The summed E-state index contributed by atoms with van der Waals surface area (Å²) in [5.74, 6) is 1.65. The van der Waals surface area contributed by atoms with Gasteiger partial charge in [-0.2, -0.15) is 4.98 Å². The van der Waals surface area contributed by atoms with Gasteiger partial charge in [-0.25, -0.2) is 9.97 Å². The normalized spacial score (nSPS) is 11.4. The molecule has 0 fully saturated rings. The zero-order valence-corrected chi connectivity index (χ0v) is 20.7. The number of nitrogens with zero attached hydrogens (tertiary/aromatic N) is 4. The number of imidazole rings is 1. The molecule has 0 spiro atoms. The van der Waals surface area contributed by atoms with Gasteiger partial charge < -0.3 is 0 Å². The Labute approximate surface area is 202 Å². The molecule has 3 aromatic heterocycles. The molecule has 0 amide bonds. The van der Waals surface area contributed by atoms with E-state index >= 15 is 0 Å². The summed E-state index contributed by atoms with van der Waals surface area (Å²) in [6.45, 7) is 8.51. The van der Waals surface area contributed by atoms with Gasteiger partial charge in [-0.15, -0.1) is 0 Å². The summed E-state index contributed by atoms with van der Waals surface area (Å²) in [4.78, 5) is 25.5. The lowest BCUT2D eigenvalue weighted by Gasteiger charge is -2.12. The van der Waals surface area contributed by atoms with Crippen molar-refractivity contribution in [1.82, 2.24) is 23.9 Å². The van der Waals surface area contributed by atoms with Crippen LogP contribution in [0.15, 0.2) is 53.3 Å². The molecule has 0 aliphatic carbocycles. The topological polar surface area (TPSA) is 76.5 Å². The molecule has 2 aromatic carbocycles. The standard InChI is InChI=1S/C27H27N5OS/c1-5-6-11-23-29-24-17(3)16(2)18(4)28-26(24)32(23)20-14-12-19(13-15-20)21-9-7-8-10-22(21)25-30-27(33)34-31-25/h7-10,12-15H,5-6,11H2,1-4H3,(H,30,31,33). The number of benzene rings is 2. The Balaban J connectivity index is 1.62. The van der Waals surface area contributed by atoms with E-state index in [9.17, 15) is 4.79 Å². The Bertz CT molecular complexity index is 1540. The van der Waals surface area contributed by atoms with Gasteiger partial charge in [0.1, 0.15) is 11.3 Å². The number of nitrogens with one attached hydrogen (secondary N) is 1. The summed E-state index contributed by atoms with van der Waals surface area (Å²) in [7, 11) is 0. The van der Waals surface area contributed by atoms with Crippen LogP contribution < -0.4 is 4.87 Å². The van der Waals surface area contributed by atoms with Crippen LogP contribution in [0.2, 0.25) is 0 Å². The van der Waals surface area contributed by atoms with E-state index in [0.29, 0.717) is 5.82 Å². The Morgan fingerprint density at radius 3 is 2.32 bits per heavy atom. The van der Waals surface area contributed by atoms with E-state index < -0.39 is 0 Å². The van der Waals surface area contributed by atoms with Crippen LogP contribution in [0.25, 0.3) is 39.4 Å². The van der Waals surface area contributed by atoms with Crippen molar-refractivity contribution in [3.8, 4) is 28.2 Å². The summed E-state index contributed by atoms with van der Waals surface area (Å²) >= 11 is 1.01. The first-order valence-electron chi connectivity index (χ1n) is 11.6. The number of hydrogen-bond donors (Lipinski definition) is 1. The fourth-order valence-corrected chi connectivity index (χ4v) is 4.83. The van der Waals surface area contributed by atoms with Crippen molar-refractivity contribution >= 4 is 22.7 Å². The fourth-order valence-electron chi connectivity index (χ4n) is 4.35. The third-order valence-electron chi connectivity index (χ3n) is 6.47. The molecule has 3 heterocycles. The minimum atomic E-state index is -0.222. The van der Waals surface area contributed by atoms with Gasteiger partial charge in [-0.05, 0) is 61.6 Å². The Morgan fingerprint density at radius 2 is 1.65 bits per heavy atom. The summed E-state index contributed by atoms with van der Waals surface area (Å²) in [5, 5.41) is 0. The number of aryl methyl sites for hydroxylation is 3. The molecule has 0 radical (unpaired) electrons. The number of aromatic amines is 1. The van der Waals surface area contributed by atoms with E-state index in [2.05, 4.69) is 72.0 Å². The van der Waals surface area contributed by atoms with Crippen LogP contribution in [-0.4, -0.2) is 23.9 Å². The molecule has 1 N–H and O–H groups in total. The third kappa shape index (κ3) is 3.86. The second-order valence-electron chi connectivity index (χ2n) is 8.61. The Morgan fingerprint density at radius 1 is 0.912 bits per heavy atom. The lowest BCUT2D eigenvalue weighted by atomic mass is 9.99. The summed E-state index contributed by atoms with van der Waals surface area (Å²) in [6.07, 6.45) is 3.10. The van der Waals surface area contributed by atoms with Crippen molar-refractivity contribution in [3.05, 3.63) is 80.8 Å². The zero-order valence-electron chi connectivity index (χ0n) is 19.8. The number of aromatic nitrogens is 5. The summed E-state index contributed by atoms with van der Waals surface area (Å²) in [5.41, 5.74) is 9.38. The van der Waals surface area contributed by atoms with Crippen LogP contribution >= 0.6 is 11.5 Å². The predicted octanol–water partition coefficient (Wildman–Crippen LogP) is 6.17. The quantitative estimate of drug-likeness (QED) is 0.323. The molecule has 5 rings (SSSR count). The van der Waals surface area contributed by atoms with Gasteiger partial charge in [0.25, 0.3) is 0 Å². The molecule has 172 valence electrons. The molecule has 0 aliphatic heterocycles. The highest BCUT2D eigenvalue weighted by atomic mass is 32.1. The highest BCUT2D eigenvalue weighted by Crippen LogP contribution is 2.32. The molecule has 6 nitrogen and oxygen atoms in total. The van der Waals surface area contributed by atoms with Crippen molar-refractivity contribution < 1.29 is 0 Å². The van der Waals surface area contributed by atoms with E-state index in [1.807, 2.05) is 18.2 Å². The molecule has 0 saturated carbocycles. The first-order chi connectivity index (χ1) is 16.5. The fraction of sp³-hybridized carbons (Fsp3) is 0.259. The molecule has 7 heteroatoms. The molecule has 0 atom stereocenters. The maximum atomic E-state index is 11.6. The maximum absolute atomic E-state index is 11.6. The van der Waals surface area contributed by atoms with Crippen LogP contribution in [0.4, 0.5) is 0 Å². The van der Waals surface area contributed by atoms with Gasteiger partial charge in [0.15, 0.2) is 11.5 Å². The first kappa shape index (κ1) is 22.2. The number of pyridine rings is 1. The van der Waals surface area contributed by atoms with Gasteiger partial charge in [0, 0.05) is 34.9 Å². The van der Waals surface area contributed by atoms with Gasteiger partial charge in [-0.3, -0.25) is 13.7 Å². The van der Waals surface area contributed by atoms with Crippen molar-refractivity contribution in [2.45, 2.75) is 47.0 Å². The molecule has 0 bridgehead atoms. The highest BCUT2D eigenvalue weighted by Gasteiger charge is 2.18. The molecule has 0 saturated heterocycles. The minimum absolute atomic E-state index is 0.222. The van der Waals surface area contributed by atoms with Crippen LogP contribution in [0.1, 0.15) is 42.4 Å². The van der Waals surface area contributed by atoms with Crippen LogP contribution in [-0.2, 0) is 6.42 Å².